The Morgan fingerprint density at radius 1 is 1.15 bits per heavy atom. The quantitative estimate of drug-likeness (QED) is 0.839. The van der Waals surface area contributed by atoms with E-state index >= 15 is 0 Å². The van der Waals surface area contributed by atoms with E-state index in [9.17, 15) is 14.7 Å². The van der Waals surface area contributed by atoms with Gasteiger partial charge in [0.2, 0.25) is 0 Å². The van der Waals surface area contributed by atoms with E-state index in [1.54, 1.807) is 16.7 Å². The number of aliphatic carboxylic acids is 1. The van der Waals surface area contributed by atoms with Crippen LogP contribution in [0.4, 0.5) is 4.79 Å². The summed E-state index contributed by atoms with van der Waals surface area (Å²) in [5.41, 5.74) is 0. The molecule has 2 amide bonds. The van der Waals surface area contributed by atoms with Gasteiger partial charge in [0.15, 0.2) is 0 Å². The second kappa shape index (κ2) is 5.84. The first-order valence-electron chi connectivity index (χ1n) is 7.51. The number of amides is 2. The molecule has 0 spiro atoms. The second-order valence-electron chi connectivity index (χ2n) is 6.20. The number of nitrogens with zero attached hydrogens (tertiary/aromatic N) is 2. The van der Waals surface area contributed by atoms with Crippen LogP contribution >= 0.6 is 11.8 Å². The smallest absolute Gasteiger partial charge is 0.327 e. The van der Waals surface area contributed by atoms with Gasteiger partial charge in [0.25, 0.3) is 0 Å². The molecule has 0 aromatic heterocycles. The number of urea groups is 1. The van der Waals surface area contributed by atoms with E-state index in [-0.39, 0.29) is 6.03 Å². The molecule has 1 unspecified atom stereocenters. The fraction of sp³-hybridized carbons (Fsp3) is 0.857. The lowest BCUT2D eigenvalue weighted by molar-refractivity contribution is -0.141. The zero-order valence-electron chi connectivity index (χ0n) is 11.7. The fourth-order valence-electron chi connectivity index (χ4n) is 2.67. The number of rotatable bonds is 5. The van der Waals surface area contributed by atoms with Gasteiger partial charge in [0.1, 0.15) is 6.04 Å². The van der Waals surface area contributed by atoms with Gasteiger partial charge in [-0.05, 0) is 37.5 Å². The van der Waals surface area contributed by atoms with Gasteiger partial charge in [0.05, 0.1) is 0 Å². The van der Waals surface area contributed by atoms with Crippen molar-refractivity contribution in [3.8, 4) is 0 Å². The first-order valence-corrected chi connectivity index (χ1v) is 8.66. The van der Waals surface area contributed by atoms with Gasteiger partial charge in [-0.1, -0.05) is 0 Å². The first-order chi connectivity index (χ1) is 9.65. The topological polar surface area (TPSA) is 60.9 Å². The molecular weight excluding hydrogens is 276 g/mol. The van der Waals surface area contributed by atoms with Crippen molar-refractivity contribution in [2.75, 3.05) is 31.1 Å². The van der Waals surface area contributed by atoms with Crippen molar-refractivity contribution in [2.24, 2.45) is 11.8 Å². The highest BCUT2D eigenvalue weighted by Crippen LogP contribution is 2.34. The van der Waals surface area contributed by atoms with Gasteiger partial charge < -0.3 is 14.9 Å². The minimum atomic E-state index is -0.872. The molecule has 2 aliphatic carbocycles. The van der Waals surface area contributed by atoms with Crippen LogP contribution in [0.2, 0.25) is 0 Å². The molecule has 5 nitrogen and oxygen atoms in total. The summed E-state index contributed by atoms with van der Waals surface area (Å²) in [7, 11) is 0. The van der Waals surface area contributed by atoms with Crippen LogP contribution in [0, 0.1) is 11.8 Å². The van der Waals surface area contributed by atoms with Crippen LogP contribution in [-0.4, -0.2) is 64.1 Å². The van der Waals surface area contributed by atoms with E-state index in [0.717, 1.165) is 18.8 Å². The third-order valence-electron chi connectivity index (χ3n) is 4.28. The monoisotopic (exact) mass is 298 g/mol. The van der Waals surface area contributed by atoms with Crippen LogP contribution in [0.25, 0.3) is 0 Å². The maximum atomic E-state index is 12.7. The summed E-state index contributed by atoms with van der Waals surface area (Å²) in [6.07, 6.45) is 4.86. The van der Waals surface area contributed by atoms with Crippen molar-refractivity contribution < 1.29 is 14.7 Å². The summed E-state index contributed by atoms with van der Waals surface area (Å²) in [5.74, 6) is 1.79. The van der Waals surface area contributed by atoms with E-state index in [2.05, 4.69) is 0 Å². The number of hydrogen-bond donors (Lipinski definition) is 1. The van der Waals surface area contributed by atoms with Gasteiger partial charge in [0, 0.05) is 31.1 Å². The molecule has 1 N–H and O–H groups in total. The van der Waals surface area contributed by atoms with Crippen LogP contribution in [0.5, 0.6) is 0 Å². The summed E-state index contributed by atoms with van der Waals surface area (Å²) in [4.78, 5) is 27.6. The van der Waals surface area contributed by atoms with E-state index < -0.39 is 12.0 Å². The molecule has 1 aliphatic heterocycles. The Balaban J connectivity index is 1.66. The molecule has 3 rings (SSSR count). The predicted molar refractivity (Wildman–Crippen MR) is 77.9 cm³/mol. The van der Waals surface area contributed by atoms with Crippen LogP contribution in [-0.2, 0) is 4.79 Å². The van der Waals surface area contributed by atoms with Crippen molar-refractivity contribution in [3.63, 3.8) is 0 Å². The molecule has 3 aliphatic rings. The summed E-state index contributed by atoms with van der Waals surface area (Å²) in [6, 6.07) is -0.696. The molecule has 6 heteroatoms. The molecule has 0 aromatic rings. The van der Waals surface area contributed by atoms with Crippen LogP contribution < -0.4 is 0 Å². The molecule has 1 atom stereocenters. The third-order valence-corrected chi connectivity index (χ3v) is 5.30. The highest BCUT2D eigenvalue weighted by Gasteiger charge is 2.38. The van der Waals surface area contributed by atoms with E-state index in [0.29, 0.717) is 24.1 Å². The van der Waals surface area contributed by atoms with Crippen molar-refractivity contribution >= 4 is 23.8 Å². The zero-order valence-corrected chi connectivity index (χ0v) is 12.5. The normalized spacial score (nSPS) is 26.4. The second-order valence-corrected chi connectivity index (χ2v) is 7.35. The summed E-state index contributed by atoms with van der Waals surface area (Å²) in [6.45, 7) is 2.21. The number of hydrogen-bond acceptors (Lipinski definition) is 3. The number of carboxylic acid groups (broad SMARTS) is 1. The maximum absolute atomic E-state index is 12.7. The Hall–Kier alpha value is -0.910. The molecule has 0 aromatic carbocycles. The zero-order chi connectivity index (χ0) is 14.1. The first kappa shape index (κ1) is 14.0. The Morgan fingerprint density at radius 2 is 1.75 bits per heavy atom. The summed E-state index contributed by atoms with van der Waals surface area (Å²) >= 11 is 1.62. The van der Waals surface area contributed by atoms with Crippen molar-refractivity contribution in [1.82, 2.24) is 9.80 Å². The van der Waals surface area contributed by atoms with Gasteiger partial charge in [-0.3, -0.25) is 0 Å². The van der Waals surface area contributed by atoms with Gasteiger partial charge >= 0.3 is 12.0 Å². The Kier molecular flexibility index (Phi) is 4.10. The van der Waals surface area contributed by atoms with E-state index in [4.69, 9.17) is 0 Å². The average molecular weight is 298 g/mol. The number of thioether (sulfide) groups is 1. The van der Waals surface area contributed by atoms with Crippen molar-refractivity contribution in [2.45, 2.75) is 31.7 Å². The van der Waals surface area contributed by atoms with Crippen LogP contribution in [0.3, 0.4) is 0 Å². The van der Waals surface area contributed by atoms with Gasteiger partial charge in [-0.2, -0.15) is 11.8 Å². The molecule has 20 heavy (non-hydrogen) atoms. The summed E-state index contributed by atoms with van der Waals surface area (Å²) < 4.78 is 0. The van der Waals surface area contributed by atoms with E-state index in [1.807, 2.05) is 4.90 Å². The molecular formula is C14H22N2O3S. The lowest BCUT2D eigenvalue weighted by atomic mass is 10.2. The van der Waals surface area contributed by atoms with Gasteiger partial charge in [-0.25, -0.2) is 9.59 Å². The number of carbonyl (C=O) groups excluding carboxylic acids is 1. The number of carbonyl (C=O) groups is 2. The molecule has 0 bridgehead atoms. The lowest BCUT2D eigenvalue weighted by Gasteiger charge is -2.37. The van der Waals surface area contributed by atoms with Crippen LogP contribution in [0.15, 0.2) is 0 Å². The van der Waals surface area contributed by atoms with Crippen LogP contribution in [0.1, 0.15) is 25.7 Å². The van der Waals surface area contributed by atoms with Crippen molar-refractivity contribution in [3.05, 3.63) is 0 Å². The lowest BCUT2D eigenvalue weighted by Crippen LogP contribution is -2.55. The fourth-order valence-corrected chi connectivity index (χ4v) is 3.71. The Labute approximate surface area is 123 Å². The van der Waals surface area contributed by atoms with Gasteiger partial charge in [-0.15, -0.1) is 0 Å². The molecule has 0 radical (unpaired) electrons. The van der Waals surface area contributed by atoms with E-state index in [1.165, 1.54) is 25.7 Å². The predicted octanol–water partition coefficient (Wildman–Crippen LogP) is 1.73. The average Bonchev–Trinajstić information content (AvgIpc) is 3.32. The highest BCUT2D eigenvalue weighted by molar-refractivity contribution is 7.99. The minimum absolute atomic E-state index is 0.0449. The SMILES string of the molecule is O=C(O)C1CSCCN1C(=O)N(CC1CC1)CC1CC1. The standard InChI is InChI=1S/C14H22N2O3S/c17-13(18)12-9-20-6-5-16(12)14(19)15(7-10-1-2-10)8-11-3-4-11/h10-12H,1-9H2,(H,17,18). The largest absolute Gasteiger partial charge is 0.480 e. The Morgan fingerprint density at radius 3 is 2.25 bits per heavy atom. The Bertz CT molecular complexity index is 382. The molecule has 3 fully saturated rings. The molecule has 1 heterocycles. The van der Waals surface area contributed by atoms with Crippen molar-refractivity contribution in [1.29, 1.82) is 0 Å². The number of carboxylic acids is 1. The maximum Gasteiger partial charge on any atom is 0.327 e. The minimum Gasteiger partial charge on any atom is -0.480 e. The third kappa shape index (κ3) is 3.40. The highest BCUT2D eigenvalue weighted by atomic mass is 32.2. The molecule has 2 saturated carbocycles. The molecule has 1 saturated heterocycles. The molecule has 112 valence electrons. The summed E-state index contributed by atoms with van der Waals surface area (Å²) in [5, 5.41) is 9.30.